The van der Waals surface area contributed by atoms with Gasteiger partial charge in [0, 0.05) is 9.50 Å². The summed E-state index contributed by atoms with van der Waals surface area (Å²) in [6.45, 7) is -0.0826. The van der Waals surface area contributed by atoms with Gasteiger partial charge < -0.3 is 9.15 Å². The van der Waals surface area contributed by atoms with Crippen LogP contribution in [0.3, 0.4) is 0 Å². The Morgan fingerprint density at radius 1 is 1.12 bits per heavy atom. The molecule has 0 aliphatic rings. The largest absolute Gasteiger partial charge is 0.455 e. The topological polar surface area (TPSA) is 65.2 Å². The number of rotatable bonds is 5. The van der Waals surface area contributed by atoms with Crippen molar-refractivity contribution < 1.29 is 13.9 Å². The van der Waals surface area contributed by atoms with Crippen LogP contribution in [0.5, 0.6) is 0 Å². The normalized spacial score (nSPS) is 10.6. The molecule has 0 amide bonds. The molecule has 3 rings (SSSR count). The summed E-state index contributed by atoms with van der Waals surface area (Å²) < 4.78 is 11.5. The van der Waals surface area contributed by atoms with E-state index in [1.165, 1.54) is 0 Å². The summed E-state index contributed by atoms with van der Waals surface area (Å²) in [5, 5.41) is 8.38. The van der Waals surface area contributed by atoms with E-state index in [0.29, 0.717) is 16.5 Å². The van der Waals surface area contributed by atoms with Crippen LogP contribution in [0.25, 0.3) is 11.5 Å². The van der Waals surface area contributed by atoms with Gasteiger partial charge >= 0.3 is 5.97 Å². The van der Waals surface area contributed by atoms with Gasteiger partial charge in [-0.05, 0) is 39.7 Å². The fourth-order valence-corrected chi connectivity index (χ4v) is 2.70. The fourth-order valence-electron chi connectivity index (χ4n) is 2.05. The maximum absolute atomic E-state index is 11.9. The van der Waals surface area contributed by atoms with Gasteiger partial charge in [0.05, 0.1) is 12.0 Å². The van der Waals surface area contributed by atoms with Gasteiger partial charge in [-0.15, -0.1) is 10.2 Å². The number of hydrogen-bond donors (Lipinski definition) is 0. The van der Waals surface area contributed by atoms with Gasteiger partial charge in [0.2, 0.25) is 5.89 Å². The number of ether oxygens (including phenoxy) is 1. The molecule has 0 N–H and O–H groups in total. The zero-order valence-corrected chi connectivity index (χ0v) is 14.8. The molecule has 0 spiro atoms. The van der Waals surface area contributed by atoms with E-state index in [4.69, 9.17) is 20.8 Å². The smallest absolute Gasteiger partial charge is 0.310 e. The lowest BCUT2D eigenvalue weighted by Gasteiger charge is -2.04. The van der Waals surface area contributed by atoms with Gasteiger partial charge in [0.15, 0.2) is 6.61 Å². The summed E-state index contributed by atoms with van der Waals surface area (Å²) in [5.41, 5.74) is 1.49. The molecule has 1 aromatic heterocycles. The SMILES string of the molecule is O=C(Cc1ccccc1Cl)OCc1nnc(-c2ccccc2Br)o1. The molecule has 0 radical (unpaired) electrons. The molecule has 0 saturated carbocycles. The monoisotopic (exact) mass is 406 g/mol. The predicted molar refractivity (Wildman–Crippen MR) is 92.4 cm³/mol. The Morgan fingerprint density at radius 3 is 2.67 bits per heavy atom. The minimum Gasteiger partial charge on any atom is -0.455 e. The summed E-state index contributed by atoms with van der Waals surface area (Å²) in [5.74, 6) is 0.177. The maximum Gasteiger partial charge on any atom is 0.310 e. The average molecular weight is 408 g/mol. The second-order valence-electron chi connectivity index (χ2n) is 4.91. The molecule has 1 heterocycles. The van der Waals surface area contributed by atoms with Crippen molar-refractivity contribution in [3.63, 3.8) is 0 Å². The van der Waals surface area contributed by atoms with E-state index >= 15 is 0 Å². The Morgan fingerprint density at radius 2 is 1.88 bits per heavy atom. The molecule has 5 nitrogen and oxygen atoms in total. The van der Waals surface area contributed by atoms with Crippen LogP contribution in [-0.4, -0.2) is 16.2 Å². The van der Waals surface area contributed by atoms with Crippen molar-refractivity contribution in [3.8, 4) is 11.5 Å². The Balaban J connectivity index is 1.61. The number of hydrogen-bond acceptors (Lipinski definition) is 5. The third-order valence-corrected chi connectivity index (χ3v) is 4.28. The van der Waals surface area contributed by atoms with Crippen molar-refractivity contribution in [1.29, 1.82) is 0 Å². The van der Waals surface area contributed by atoms with E-state index in [1.807, 2.05) is 30.3 Å². The quantitative estimate of drug-likeness (QED) is 0.585. The molecular weight excluding hydrogens is 396 g/mol. The van der Waals surface area contributed by atoms with Crippen LogP contribution in [0.1, 0.15) is 11.5 Å². The van der Waals surface area contributed by atoms with Crippen LogP contribution < -0.4 is 0 Å². The highest BCUT2D eigenvalue weighted by molar-refractivity contribution is 9.10. The molecule has 0 aliphatic heterocycles. The zero-order chi connectivity index (χ0) is 16.9. The molecular formula is C17H12BrClN2O3. The van der Waals surface area contributed by atoms with Crippen molar-refractivity contribution in [2.45, 2.75) is 13.0 Å². The highest BCUT2D eigenvalue weighted by Gasteiger charge is 2.13. The molecule has 3 aromatic rings. The third-order valence-electron chi connectivity index (χ3n) is 3.22. The predicted octanol–water partition coefficient (Wildman–Crippen LogP) is 4.44. The summed E-state index contributed by atoms with van der Waals surface area (Å²) in [6, 6.07) is 14.6. The van der Waals surface area contributed by atoms with Crippen molar-refractivity contribution in [2.24, 2.45) is 0 Å². The second kappa shape index (κ2) is 7.59. The van der Waals surface area contributed by atoms with Crippen LogP contribution in [0.4, 0.5) is 0 Å². The number of nitrogens with zero attached hydrogens (tertiary/aromatic N) is 2. The summed E-state index contributed by atoms with van der Waals surface area (Å²) in [6.07, 6.45) is 0.0882. The standard InChI is InChI=1S/C17H12BrClN2O3/c18-13-7-3-2-6-12(13)17-21-20-15(24-17)10-23-16(22)9-11-5-1-4-8-14(11)19/h1-8H,9-10H2. The van der Waals surface area contributed by atoms with Crippen LogP contribution in [0.2, 0.25) is 5.02 Å². The number of halogens is 2. The molecule has 0 fully saturated rings. The number of benzene rings is 2. The van der Waals surface area contributed by atoms with Crippen LogP contribution in [-0.2, 0) is 22.6 Å². The van der Waals surface area contributed by atoms with Gasteiger partial charge in [-0.1, -0.05) is 41.9 Å². The number of carbonyl (C=O) groups is 1. The van der Waals surface area contributed by atoms with Gasteiger partial charge in [-0.2, -0.15) is 0 Å². The Hall–Kier alpha value is -2.18. The first-order valence-electron chi connectivity index (χ1n) is 7.10. The molecule has 0 atom stereocenters. The Kier molecular flexibility index (Phi) is 5.27. The molecule has 0 bridgehead atoms. The average Bonchev–Trinajstić information content (AvgIpc) is 3.04. The first-order chi connectivity index (χ1) is 11.6. The first-order valence-corrected chi connectivity index (χ1v) is 8.27. The molecule has 0 aliphatic carbocycles. The van der Waals surface area contributed by atoms with Crippen molar-refractivity contribution in [1.82, 2.24) is 10.2 Å². The molecule has 0 saturated heterocycles. The first kappa shape index (κ1) is 16.7. The zero-order valence-electron chi connectivity index (χ0n) is 12.4. The Labute approximate surface area is 151 Å². The number of esters is 1. The number of carbonyl (C=O) groups excluding carboxylic acids is 1. The molecule has 7 heteroatoms. The molecule has 24 heavy (non-hydrogen) atoms. The van der Waals surface area contributed by atoms with E-state index in [1.54, 1.807) is 18.2 Å². The minimum atomic E-state index is -0.413. The molecule has 122 valence electrons. The van der Waals surface area contributed by atoms with E-state index < -0.39 is 5.97 Å². The minimum absolute atomic E-state index is 0.0826. The van der Waals surface area contributed by atoms with Crippen LogP contribution in [0.15, 0.2) is 57.4 Å². The van der Waals surface area contributed by atoms with Crippen molar-refractivity contribution in [2.75, 3.05) is 0 Å². The molecule has 2 aromatic carbocycles. The van der Waals surface area contributed by atoms with Gasteiger partial charge in [-0.25, -0.2) is 0 Å². The summed E-state index contributed by atoms with van der Waals surface area (Å²) in [4.78, 5) is 11.9. The highest BCUT2D eigenvalue weighted by atomic mass is 79.9. The lowest BCUT2D eigenvalue weighted by Crippen LogP contribution is -2.08. The fraction of sp³-hybridized carbons (Fsp3) is 0.118. The molecule has 0 unspecified atom stereocenters. The van der Waals surface area contributed by atoms with Gasteiger partial charge in [0.25, 0.3) is 5.89 Å². The van der Waals surface area contributed by atoms with E-state index in [0.717, 1.165) is 10.0 Å². The third kappa shape index (κ3) is 4.01. The highest BCUT2D eigenvalue weighted by Crippen LogP contribution is 2.26. The van der Waals surface area contributed by atoms with E-state index in [2.05, 4.69) is 26.1 Å². The second-order valence-corrected chi connectivity index (χ2v) is 6.17. The van der Waals surface area contributed by atoms with Crippen LogP contribution in [0, 0.1) is 0 Å². The Bertz CT molecular complexity index is 866. The van der Waals surface area contributed by atoms with Gasteiger partial charge in [-0.3, -0.25) is 4.79 Å². The van der Waals surface area contributed by atoms with Crippen molar-refractivity contribution >= 4 is 33.5 Å². The van der Waals surface area contributed by atoms with Crippen molar-refractivity contribution in [3.05, 3.63) is 69.5 Å². The summed E-state index contributed by atoms with van der Waals surface area (Å²) >= 11 is 9.44. The number of aromatic nitrogens is 2. The maximum atomic E-state index is 11.9. The van der Waals surface area contributed by atoms with Gasteiger partial charge in [0.1, 0.15) is 0 Å². The lowest BCUT2D eigenvalue weighted by molar-refractivity contribution is -0.144. The van der Waals surface area contributed by atoms with E-state index in [9.17, 15) is 4.79 Å². The summed E-state index contributed by atoms with van der Waals surface area (Å²) in [7, 11) is 0. The van der Waals surface area contributed by atoms with Crippen LogP contribution >= 0.6 is 27.5 Å². The van der Waals surface area contributed by atoms with E-state index in [-0.39, 0.29) is 18.9 Å². The lowest BCUT2D eigenvalue weighted by atomic mass is 10.1.